The fourth-order valence-electron chi connectivity index (χ4n) is 2.80. The number of hydrogen-bond donors (Lipinski definition) is 2. The zero-order chi connectivity index (χ0) is 22.0. The van der Waals surface area contributed by atoms with Gasteiger partial charge in [0.1, 0.15) is 22.1 Å². The number of halogens is 3. The van der Waals surface area contributed by atoms with E-state index in [1.807, 2.05) is 6.07 Å². The summed E-state index contributed by atoms with van der Waals surface area (Å²) in [6, 6.07) is 8.99. The van der Waals surface area contributed by atoms with Crippen LogP contribution in [0, 0.1) is 10.7 Å². The van der Waals surface area contributed by atoms with Crippen molar-refractivity contribution in [1.29, 1.82) is 0 Å². The highest BCUT2D eigenvalue weighted by atomic mass is 127. The maximum atomic E-state index is 13.1. The Bertz CT molecular complexity index is 1150. The quantitative estimate of drug-likeness (QED) is 0.293. The number of rotatable bonds is 6. The van der Waals surface area contributed by atoms with Gasteiger partial charge in [0.2, 0.25) is 0 Å². The smallest absolute Gasteiger partial charge is 0.339 e. The van der Waals surface area contributed by atoms with Gasteiger partial charge in [-0.05, 0) is 91.5 Å². The van der Waals surface area contributed by atoms with Crippen LogP contribution in [0.25, 0.3) is 11.1 Å². The second-order valence-corrected chi connectivity index (χ2v) is 10.2. The van der Waals surface area contributed by atoms with Crippen molar-refractivity contribution in [1.82, 2.24) is 0 Å². The molecular formula is C20H14I3NO5S. The predicted molar refractivity (Wildman–Crippen MR) is 142 cm³/mol. The normalized spacial score (nSPS) is 10.6. The molecule has 0 aliphatic heterocycles. The first-order valence-corrected chi connectivity index (χ1v) is 12.4. The summed E-state index contributed by atoms with van der Waals surface area (Å²) in [5.41, 5.74) is 1.71. The number of aromatic carboxylic acids is 1. The zero-order valence-electron chi connectivity index (χ0n) is 15.6. The number of carbonyl (C=O) groups excluding carboxylic acids is 1. The number of methoxy groups -OCH3 is 2. The van der Waals surface area contributed by atoms with Crippen LogP contribution in [0.1, 0.15) is 20.7 Å². The summed E-state index contributed by atoms with van der Waals surface area (Å²) in [5.74, 6) is -0.270. The molecule has 0 atom stereocenters. The van der Waals surface area contributed by atoms with Crippen LogP contribution in [0.5, 0.6) is 11.5 Å². The Morgan fingerprint density at radius 2 is 1.77 bits per heavy atom. The number of carboxylic acids is 1. The molecule has 0 spiro atoms. The molecule has 0 fully saturated rings. The van der Waals surface area contributed by atoms with Gasteiger partial charge in [-0.2, -0.15) is 0 Å². The van der Waals surface area contributed by atoms with Crippen LogP contribution in [-0.4, -0.2) is 31.2 Å². The van der Waals surface area contributed by atoms with E-state index in [0.29, 0.717) is 31.8 Å². The van der Waals surface area contributed by atoms with Gasteiger partial charge in [-0.3, -0.25) is 4.79 Å². The number of carbonyl (C=O) groups is 2. The van der Waals surface area contributed by atoms with Crippen LogP contribution >= 0.6 is 79.1 Å². The minimum atomic E-state index is -1.12. The standard InChI is InChI=1S/C20H14I3NO5S/c1-28-10-5-3-4-9(6-10)11-8-30-19(14(11)20(26)27)24-18(25)15-12(21)7-13(22)17(29-2)16(15)23/h3-8H,1-2H3,(H,24,25)(H,26,27). The summed E-state index contributed by atoms with van der Waals surface area (Å²) >= 11 is 7.49. The van der Waals surface area contributed by atoms with Gasteiger partial charge >= 0.3 is 5.97 Å². The molecule has 3 rings (SSSR count). The van der Waals surface area contributed by atoms with Gasteiger partial charge in [0.05, 0.1) is 26.9 Å². The van der Waals surface area contributed by atoms with Crippen molar-refractivity contribution in [3.63, 3.8) is 0 Å². The van der Waals surface area contributed by atoms with E-state index in [-0.39, 0.29) is 16.5 Å². The highest BCUT2D eigenvalue weighted by molar-refractivity contribution is 14.1. The number of benzene rings is 2. The number of ether oxygens (including phenoxy) is 2. The summed E-state index contributed by atoms with van der Waals surface area (Å²) in [4.78, 5) is 25.1. The molecule has 1 aromatic heterocycles. The monoisotopic (exact) mass is 761 g/mol. The number of anilines is 1. The number of thiophene rings is 1. The van der Waals surface area contributed by atoms with E-state index < -0.39 is 5.97 Å². The minimum absolute atomic E-state index is 0.0455. The Morgan fingerprint density at radius 3 is 2.40 bits per heavy atom. The molecule has 0 aliphatic rings. The molecule has 2 aromatic carbocycles. The van der Waals surface area contributed by atoms with Gasteiger partial charge in [-0.1, -0.05) is 12.1 Å². The van der Waals surface area contributed by atoms with E-state index in [4.69, 9.17) is 9.47 Å². The second-order valence-electron chi connectivity index (χ2n) is 5.91. The van der Waals surface area contributed by atoms with E-state index in [1.54, 1.807) is 43.9 Å². The van der Waals surface area contributed by atoms with Crippen LogP contribution in [-0.2, 0) is 0 Å². The third-order valence-electron chi connectivity index (χ3n) is 4.17. The molecule has 156 valence electrons. The minimum Gasteiger partial charge on any atom is -0.497 e. The van der Waals surface area contributed by atoms with E-state index >= 15 is 0 Å². The van der Waals surface area contributed by atoms with Gasteiger partial charge in [-0.15, -0.1) is 11.3 Å². The highest BCUT2D eigenvalue weighted by Gasteiger charge is 2.25. The molecule has 3 aromatic rings. The number of carboxylic acid groups (broad SMARTS) is 1. The molecule has 1 heterocycles. The topological polar surface area (TPSA) is 84.9 Å². The molecule has 0 bridgehead atoms. The van der Waals surface area contributed by atoms with E-state index in [2.05, 4.69) is 73.1 Å². The first-order valence-electron chi connectivity index (χ1n) is 8.30. The molecule has 1 amide bonds. The Hall–Kier alpha value is -1.13. The fourth-order valence-corrected chi connectivity index (χ4v) is 8.06. The summed E-state index contributed by atoms with van der Waals surface area (Å²) in [5, 5.41) is 14.6. The van der Waals surface area contributed by atoms with E-state index in [9.17, 15) is 14.7 Å². The van der Waals surface area contributed by atoms with Gasteiger partial charge in [-0.25, -0.2) is 4.79 Å². The number of hydrogen-bond acceptors (Lipinski definition) is 5. The van der Waals surface area contributed by atoms with Crippen molar-refractivity contribution in [3.05, 3.63) is 57.5 Å². The molecular weight excluding hydrogens is 747 g/mol. The lowest BCUT2D eigenvalue weighted by Crippen LogP contribution is -2.17. The molecule has 6 nitrogen and oxygen atoms in total. The van der Waals surface area contributed by atoms with Crippen LogP contribution < -0.4 is 14.8 Å². The zero-order valence-corrected chi connectivity index (χ0v) is 22.9. The molecule has 0 aliphatic carbocycles. The van der Waals surface area contributed by atoms with E-state index in [1.165, 1.54) is 11.3 Å². The van der Waals surface area contributed by atoms with Crippen molar-refractivity contribution in [2.75, 3.05) is 19.5 Å². The van der Waals surface area contributed by atoms with Gasteiger partial charge in [0, 0.05) is 14.5 Å². The van der Waals surface area contributed by atoms with Crippen LogP contribution in [0.3, 0.4) is 0 Å². The van der Waals surface area contributed by atoms with Gasteiger partial charge in [0.25, 0.3) is 5.91 Å². The third-order valence-corrected chi connectivity index (χ3v) is 7.75. The van der Waals surface area contributed by atoms with Crippen molar-refractivity contribution in [2.45, 2.75) is 0 Å². The Labute approximate surface area is 217 Å². The maximum Gasteiger partial charge on any atom is 0.339 e. The molecule has 0 unspecified atom stereocenters. The molecule has 0 saturated carbocycles. The van der Waals surface area contributed by atoms with Crippen molar-refractivity contribution in [2.24, 2.45) is 0 Å². The van der Waals surface area contributed by atoms with Gasteiger partial charge < -0.3 is 19.9 Å². The first-order chi connectivity index (χ1) is 14.3. The Balaban J connectivity index is 2.03. The lowest BCUT2D eigenvalue weighted by molar-refractivity contribution is 0.0699. The molecule has 0 radical (unpaired) electrons. The van der Waals surface area contributed by atoms with Crippen LogP contribution in [0.4, 0.5) is 5.00 Å². The molecule has 10 heteroatoms. The van der Waals surface area contributed by atoms with Crippen molar-refractivity contribution < 1.29 is 24.2 Å². The third kappa shape index (κ3) is 4.70. The highest BCUT2D eigenvalue weighted by Crippen LogP contribution is 2.38. The second kappa shape index (κ2) is 9.99. The lowest BCUT2D eigenvalue weighted by Gasteiger charge is -2.13. The van der Waals surface area contributed by atoms with Crippen molar-refractivity contribution >= 4 is 96.0 Å². The van der Waals surface area contributed by atoms with E-state index in [0.717, 1.165) is 7.14 Å². The summed E-state index contributed by atoms with van der Waals surface area (Å²) in [6.45, 7) is 0. The summed E-state index contributed by atoms with van der Waals surface area (Å²) in [6.07, 6.45) is 0. The molecule has 30 heavy (non-hydrogen) atoms. The Kier molecular flexibility index (Phi) is 7.84. The SMILES string of the molecule is COc1cccc(-c2csc(NC(=O)c3c(I)cc(I)c(OC)c3I)c2C(=O)O)c1. The average Bonchev–Trinajstić information content (AvgIpc) is 3.11. The first kappa shape index (κ1) is 23.5. The summed E-state index contributed by atoms with van der Waals surface area (Å²) in [7, 11) is 3.10. The predicted octanol–water partition coefficient (Wildman–Crippen LogP) is 6.20. The van der Waals surface area contributed by atoms with Crippen LogP contribution in [0.2, 0.25) is 0 Å². The lowest BCUT2D eigenvalue weighted by atomic mass is 10.0. The maximum absolute atomic E-state index is 13.1. The fraction of sp³-hybridized carbons (Fsp3) is 0.100. The van der Waals surface area contributed by atoms with Crippen LogP contribution in [0.15, 0.2) is 35.7 Å². The molecule has 0 saturated heterocycles. The average molecular weight is 761 g/mol. The van der Waals surface area contributed by atoms with Crippen molar-refractivity contribution in [3.8, 4) is 22.6 Å². The number of nitrogens with one attached hydrogen (secondary N) is 1. The Morgan fingerprint density at radius 1 is 1.03 bits per heavy atom. The molecule has 2 N–H and O–H groups in total. The number of amides is 1. The van der Waals surface area contributed by atoms with Gasteiger partial charge in [0.15, 0.2) is 0 Å². The largest absolute Gasteiger partial charge is 0.497 e. The summed E-state index contributed by atoms with van der Waals surface area (Å²) < 4.78 is 13.0.